The van der Waals surface area contributed by atoms with Crippen LogP contribution in [0, 0.1) is 0 Å². The van der Waals surface area contributed by atoms with Crippen LogP contribution in [0.25, 0.3) is 0 Å². The van der Waals surface area contributed by atoms with Gasteiger partial charge in [0.05, 0.1) is 18.2 Å². The summed E-state index contributed by atoms with van der Waals surface area (Å²) in [6, 6.07) is 7.64. The van der Waals surface area contributed by atoms with E-state index in [9.17, 15) is 4.79 Å². The molecule has 2 aromatic rings. The standard InChI is InChI=1S/C18H21BrN4O3/c1-25-16-4-2-3-14(9-16)12-26-13-17(24)22-5-7-23(8-6-22)18-20-10-15(19)11-21-18/h2-4,9-11H,5-8,12-13H2,1H3. The molecule has 0 bridgehead atoms. The van der Waals surface area contributed by atoms with Crippen LogP contribution in [-0.2, 0) is 16.1 Å². The largest absolute Gasteiger partial charge is 0.497 e. The molecule has 0 atom stereocenters. The van der Waals surface area contributed by atoms with E-state index in [1.807, 2.05) is 29.2 Å². The van der Waals surface area contributed by atoms with Gasteiger partial charge in [0.15, 0.2) is 0 Å². The van der Waals surface area contributed by atoms with Gasteiger partial charge in [-0.3, -0.25) is 4.79 Å². The Morgan fingerprint density at radius 1 is 1.19 bits per heavy atom. The Bertz CT molecular complexity index is 733. The van der Waals surface area contributed by atoms with E-state index in [1.165, 1.54) is 0 Å². The maximum absolute atomic E-state index is 12.3. The first kappa shape index (κ1) is 18.6. The highest BCUT2D eigenvalue weighted by Crippen LogP contribution is 2.15. The molecule has 26 heavy (non-hydrogen) atoms. The molecule has 1 aromatic heterocycles. The first-order chi connectivity index (χ1) is 12.7. The summed E-state index contributed by atoms with van der Waals surface area (Å²) < 4.78 is 11.6. The summed E-state index contributed by atoms with van der Waals surface area (Å²) in [5, 5.41) is 0. The van der Waals surface area contributed by atoms with Crippen LogP contribution in [-0.4, -0.2) is 60.7 Å². The highest BCUT2D eigenvalue weighted by atomic mass is 79.9. The van der Waals surface area contributed by atoms with Gasteiger partial charge in [0.2, 0.25) is 11.9 Å². The molecular formula is C18H21BrN4O3. The van der Waals surface area contributed by atoms with E-state index in [2.05, 4.69) is 30.8 Å². The van der Waals surface area contributed by atoms with Crippen molar-refractivity contribution in [2.24, 2.45) is 0 Å². The second-order valence-electron chi connectivity index (χ2n) is 5.91. The van der Waals surface area contributed by atoms with Crippen LogP contribution in [0.3, 0.4) is 0 Å². The Morgan fingerprint density at radius 2 is 1.92 bits per heavy atom. The Kier molecular flexibility index (Phi) is 6.40. The molecule has 1 aliphatic rings. The zero-order valence-corrected chi connectivity index (χ0v) is 16.2. The van der Waals surface area contributed by atoms with Crippen molar-refractivity contribution in [2.75, 3.05) is 44.8 Å². The molecule has 0 unspecified atom stereocenters. The summed E-state index contributed by atoms with van der Waals surface area (Å²) in [5.41, 5.74) is 0.981. The number of hydrogen-bond donors (Lipinski definition) is 0. The fraction of sp³-hybridized carbons (Fsp3) is 0.389. The summed E-state index contributed by atoms with van der Waals surface area (Å²) in [5.74, 6) is 1.47. The third-order valence-electron chi connectivity index (χ3n) is 4.15. The van der Waals surface area contributed by atoms with E-state index < -0.39 is 0 Å². The lowest BCUT2D eigenvalue weighted by Crippen LogP contribution is -2.50. The number of piperazine rings is 1. The highest BCUT2D eigenvalue weighted by Gasteiger charge is 2.22. The number of carbonyl (C=O) groups excluding carboxylic acids is 1. The molecule has 7 nitrogen and oxygen atoms in total. The minimum absolute atomic E-state index is 0.00395. The van der Waals surface area contributed by atoms with Gasteiger partial charge in [-0.2, -0.15) is 0 Å². The Labute approximate surface area is 161 Å². The average molecular weight is 421 g/mol. The van der Waals surface area contributed by atoms with Crippen molar-refractivity contribution in [1.29, 1.82) is 0 Å². The lowest BCUT2D eigenvalue weighted by molar-refractivity contribution is -0.136. The Hall–Kier alpha value is -2.19. The first-order valence-corrected chi connectivity index (χ1v) is 9.16. The van der Waals surface area contributed by atoms with Gasteiger partial charge < -0.3 is 19.3 Å². The van der Waals surface area contributed by atoms with Crippen molar-refractivity contribution in [3.63, 3.8) is 0 Å². The predicted molar refractivity (Wildman–Crippen MR) is 101 cm³/mol. The predicted octanol–water partition coefficient (Wildman–Crippen LogP) is 2.11. The lowest BCUT2D eigenvalue weighted by Gasteiger charge is -2.34. The van der Waals surface area contributed by atoms with E-state index in [0.717, 1.165) is 15.8 Å². The number of halogens is 1. The van der Waals surface area contributed by atoms with E-state index >= 15 is 0 Å². The van der Waals surface area contributed by atoms with Gasteiger partial charge in [0, 0.05) is 38.6 Å². The number of anilines is 1. The molecule has 0 spiro atoms. The normalized spacial score (nSPS) is 14.4. The minimum Gasteiger partial charge on any atom is -0.497 e. The van der Waals surface area contributed by atoms with Crippen molar-refractivity contribution in [3.8, 4) is 5.75 Å². The zero-order valence-electron chi connectivity index (χ0n) is 14.6. The molecule has 1 aromatic carbocycles. The monoisotopic (exact) mass is 420 g/mol. The second-order valence-corrected chi connectivity index (χ2v) is 6.83. The van der Waals surface area contributed by atoms with Crippen LogP contribution in [0.5, 0.6) is 5.75 Å². The molecule has 0 aliphatic carbocycles. The summed E-state index contributed by atoms with van der Waals surface area (Å²) in [6.45, 7) is 3.16. The average Bonchev–Trinajstić information content (AvgIpc) is 2.69. The lowest BCUT2D eigenvalue weighted by atomic mass is 10.2. The molecule has 3 rings (SSSR count). The summed E-state index contributed by atoms with van der Waals surface area (Å²) >= 11 is 3.33. The molecular weight excluding hydrogens is 400 g/mol. The quantitative estimate of drug-likeness (QED) is 0.712. The van der Waals surface area contributed by atoms with Gasteiger partial charge in [-0.1, -0.05) is 12.1 Å². The van der Waals surface area contributed by atoms with Crippen molar-refractivity contribution in [3.05, 3.63) is 46.7 Å². The van der Waals surface area contributed by atoms with Crippen molar-refractivity contribution in [2.45, 2.75) is 6.61 Å². The summed E-state index contributed by atoms with van der Waals surface area (Å²) in [7, 11) is 1.63. The molecule has 1 saturated heterocycles. The molecule has 8 heteroatoms. The molecule has 1 fully saturated rings. The van der Waals surface area contributed by atoms with Gasteiger partial charge in [-0.15, -0.1) is 0 Å². The maximum Gasteiger partial charge on any atom is 0.248 e. The molecule has 1 aliphatic heterocycles. The van der Waals surface area contributed by atoms with Gasteiger partial charge >= 0.3 is 0 Å². The topological polar surface area (TPSA) is 67.8 Å². The second kappa shape index (κ2) is 8.95. The smallest absolute Gasteiger partial charge is 0.248 e. The number of methoxy groups -OCH3 is 1. The number of rotatable bonds is 6. The van der Waals surface area contributed by atoms with Gasteiger partial charge in [0.25, 0.3) is 0 Å². The fourth-order valence-corrected chi connectivity index (χ4v) is 2.94. The number of nitrogens with zero attached hydrogens (tertiary/aromatic N) is 4. The highest BCUT2D eigenvalue weighted by molar-refractivity contribution is 9.10. The van der Waals surface area contributed by atoms with Gasteiger partial charge in [0.1, 0.15) is 12.4 Å². The number of amides is 1. The zero-order chi connectivity index (χ0) is 18.4. The number of ether oxygens (including phenoxy) is 2. The van der Waals surface area contributed by atoms with Crippen LogP contribution in [0.15, 0.2) is 41.1 Å². The van der Waals surface area contributed by atoms with E-state index in [-0.39, 0.29) is 12.5 Å². The molecule has 0 saturated carbocycles. The van der Waals surface area contributed by atoms with E-state index in [4.69, 9.17) is 9.47 Å². The van der Waals surface area contributed by atoms with Gasteiger partial charge in [-0.25, -0.2) is 9.97 Å². The minimum atomic E-state index is 0.00395. The van der Waals surface area contributed by atoms with E-state index in [0.29, 0.717) is 38.7 Å². The number of aromatic nitrogens is 2. The summed E-state index contributed by atoms with van der Waals surface area (Å²) in [4.78, 5) is 24.8. The van der Waals surface area contributed by atoms with Gasteiger partial charge in [-0.05, 0) is 33.6 Å². The van der Waals surface area contributed by atoms with Crippen LogP contribution in [0.4, 0.5) is 5.95 Å². The summed E-state index contributed by atoms with van der Waals surface area (Å²) in [6.07, 6.45) is 3.46. The SMILES string of the molecule is COc1cccc(COCC(=O)N2CCN(c3ncc(Br)cn3)CC2)c1. The third-order valence-corrected chi connectivity index (χ3v) is 4.56. The number of carbonyl (C=O) groups is 1. The first-order valence-electron chi connectivity index (χ1n) is 8.36. The molecule has 1 amide bonds. The molecule has 2 heterocycles. The number of benzene rings is 1. The third kappa shape index (κ3) is 4.92. The van der Waals surface area contributed by atoms with Crippen LogP contribution < -0.4 is 9.64 Å². The van der Waals surface area contributed by atoms with Crippen molar-refractivity contribution >= 4 is 27.8 Å². The molecule has 0 N–H and O–H groups in total. The number of hydrogen-bond acceptors (Lipinski definition) is 6. The molecule has 138 valence electrons. The molecule has 0 radical (unpaired) electrons. The van der Waals surface area contributed by atoms with Crippen LogP contribution in [0.1, 0.15) is 5.56 Å². The maximum atomic E-state index is 12.3. The van der Waals surface area contributed by atoms with Crippen molar-refractivity contribution < 1.29 is 14.3 Å². The van der Waals surface area contributed by atoms with Crippen LogP contribution in [0.2, 0.25) is 0 Å². The Balaban J connectivity index is 1.42. The van der Waals surface area contributed by atoms with Crippen LogP contribution >= 0.6 is 15.9 Å². The fourth-order valence-electron chi connectivity index (χ4n) is 2.73. The van der Waals surface area contributed by atoms with E-state index in [1.54, 1.807) is 19.5 Å². The van der Waals surface area contributed by atoms with Crippen molar-refractivity contribution in [1.82, 2.24) is 14.9 Å². The Morgan fingerprint density at radius 3 is 2.62 bits per heavy atom.